The normalized spacial score (nSPS) is 12.9. The highest BCUT2D eigenvalue weighted by Gasteiger charge is 2.19. The van der Waals surface area contributed by atoms with E-state index in [2.05, 4.69) is 11.9 Å². The van der Waals surface area contributed by atoms with Gasteiger partial charge in [-0.3, -0.25) is 4.79 Å². The lowest BCUT2D eigenvalue weighted by molar-refractivity contribution is -0.115. The fourth-order valence-corrected chi connectivity index (χ4v) is 1.57. The number of amides is 1. The van der Waals surface area contributed by atoms with Gasteiger partial charge in [-0.2, -0.15) is 0 Å². The lowest BCUT2D eigenvalue weighted by Crippen LogP contribution is -2.05. The largest absolute Gasteiger partial charge is 0.458 e. The molecule has 1 amide bonds. The summed E-state index contributed by atoms with van der Waals surface area (Å²) < 4.78 is 4.90. The minimum Gasteiger partial charge on any atom is -0.458 e. The van der Waals surface area contributed by atoms with E-state index in [1.54, 1.807) is 18.2 Å². The molecule has 0 aliphatic carbocycles. The van der Waals surface area contributed by atoms with E-state index < -0.39 is 5.97 Å². The first-order valence-corrected chi connectivity index (χ1v) is 4.91. The van der Waals surface area contributed by atoms with Crippen molar-refractivity contribution in [2.45, 2.75) is 6.42 Å². The molecule has 0 atom stereocenters. The number of anilines is 1. The minimum absolute atomic E-state index is 0.0494. The zero-order valence-electron chi connectivity index (χ0n) is 8.66. The molecule has 0 unspecified atom stereocenters. The lowest BCUT2D eigenvalue weighted by Gasteiger charge is -2.03. The number of ether oxygens (including phenoxy) is 1. The van der Waals surface area contributed by atoms with Crippen LogP contribution >= 0.6 is 0 Å². The third-order valence-corrected chi connectivity index (χ3v) is 2.30. The van der Waals surface area contributed by atoms with Crippen molar-refractivity contribution in [1.82, 2.24) is 0 Å². The fraction of sp³-hybridized carbons (Fsp3) is 0.167. The SMILES string of the molecule is C=CCOC(=O)c1ccc2c(c1)CC(=O)N2. The quantitative estimate of drug-likeness (QED) is 0.617. The van der Waals surface area contributed by atoms with Crippen LogP contribution in [0, 0.1) is 0 Å². The number of hydrogen-bond acceptors (Lipinski definition) is 3. The van der Waals surface area contributed by atoms with Crippen LogP contribution in [-0.2, 0) is 16.0 Å². The molecule has 1 heterocycles. The number of nitrogens with one attached hydrogen (secondary N) is 1. The third kappa shape index (κ3) is 1.95. The van der Waals surface area contributed by atoms with Gasteiger partial charge in [-0.1, -0.05) is 12.7 Å². The summed E-state index contributed by atoms with van der Waals surface area (Å²) in [5.41, 5.74) is 2.06. The highest BCUT2D eigenvalue weighted by atomic mass is 16.5. The highest BCUT2D eigenvalue weighted by molar-refractivity contribution is 6.00. The van der Waals surface area contributed by atoms with Crippen molar-refractivity contribution in [2.24, 2.45) is 0 Å². The molecule has 1 aromatic rings. The summed E-state index contributed by atoms with van der Waals surface area (Å²) in [7, 11) is 0. The van der Waals surface area contributed by atoms with Gasteiger partial charge in [0.25, 0.3) is 0 Å². The highest BCUT2D eigenvalue weighted by Crippen LogP contribution is 2.24. The molecule has 0 bridgehead atoms. The van der Waals surface area contributed by atoms with Crippen molar-refractivity contribution < 1.29 is 14.3 Å². The molecule has 0 saturated heterocycles. The predicted molar refractivity (Wildman–Crippen MR) is 59.3 cm³/mol. The molecule has 1 aromatic carbocycles. The molecule has 0 aromatic heterocycles. The maximum Gasteiger partial charge on any atom is 0.338 e. The van der Waals surface area contributed by atoms with Crippen LogP contribution in [0.1, 0.15) is 15.9 Å². The number of esters is 1. The van der Waals surface area contributed by atoms with E-state index in [9.17, 15) is 9.59 Å². The summed E-state index contributed by atoms with van der Waals surface area (Å²) in [6.45, 7) is 3.65. The van der Waals surface area contributed by atoms with Crippen molar-refractivity contribution >= 4 is 17.6 Å². The van der Waals surface area contributed by atoms with Gasteiger partial charge in [0.15, 0.2) is 0 Å². The molecule has 1 aliphatic rings. The summed E-state index contributed by atoms with van der Waals surface area (Å²) in [5.74, 6) is -0.450. The van der Waals surface area contributed by atoms with Gasteiger partial charge in [0.05, 0.1) is 12.0 Å². The van der Waals surface area contributed by atoms with E-state index >= 15 is 0 Å². The molecule has 0 radical (unpaired) electrons. The van der Waals surface area contributed by atoms with Crippen LogP contribution in [0.3, 0.4) is 0 Å². The first-order valence-electron chi connectivity index (χ1n) is 4.91. The molecule has 0 spiro atoms. The summed E-state index contributed by atoms with van der Waals surface area (Å²) in [6, 6.07) is 5.03. The van der Waals surface area contributed by atoms with Crippen LogP contribution < -0.4 is 5.32 Å². The molecule has 1 aliphatic heterocycles. The molecule has 0 fully saturated rings. The number of hydrogen-bond donors (Lipinski definition) is 1. The van der Waals surface area contributed by atoms with Crippen LogP contribution in [-0.4, -0.2) is 18.5 Å². The fourth-order valence-electron chi connectivity index (χ4n) is 1.57. The van der Waals surface area contributed by atoms with E-state index in [0.29, 0.717) is 12.0 Å². The van der Waals surface area contributed by atoms with Crippen LogP contribution in [0.25, 0.3) is 0 Å². The van der Waals surface area contributed by atoms with Crippen molar-refractivity contribution in [3.8, 4) is 0 Å². The Labute approximate surface area is 92.9 Å². The Morgan fingerprint density at radius 1 is 1.56 bits per heavy atom. The molecule has 82 valence electrons. The smallest absolute Gasteiger partial charge is 0.338 e. The standard InChI is InChI=1S/C12H11NO3/c1-2-5-16-12(15)8-3-4-10-9(6-8)7-11(14)13-10/h2-4,6H,1,5,7H2,(H,13,14). The van der Waals surface area contributed by atoms with E-state index in [-0.39, 0.29) is 12.5 Å². The molecule has 16 heavy (non-hydrogen) atoms. The Morgan fingerprint density at radius 3 is 3.12 bits per heavy atom. The maximum absolute atomic E-state index is 11.5. The molecule has 4 heteroatoms. The zero-order chi connectivity index (χ0) is 11.5. The van der Waals surface area contributed by atoms with Crippen molar-refractivity contribution in [3.05, 3.63) is 42.0 Å². The average Bonchev–Trinajstić information content (AvgIpc) is 2.64. The van der Waals surface area contributed by atoms with Gasteiger partial charge in [-0.15, -0.1) is 0 Å². The van der Waals surface area contributed by atoms with Gasteiger partial charge in [0.2, 0.25) is 5.91 Å². The summed E-state index contributed by atoms with van der Waals surface area (Å²) in [4.78, 5) is 22.6. The predicted octanol–water partition coefficient (Wildman–Crippen LogP) is 1.52. The topological polar surface area (TPSA) is 55.4 Å². The van der Waals surface area contributed by atoms with E-state index in [4.69, 9.17) is 4.74 Å². The van der Waals surface area contributed by atoms with Gasteiger partial charge in [0.1, 0.15) is 6.61 Å². The Morgan fingerprint density at radius 2 is 2.38 bits per heavy atom. The van der Waals surface area contributed by atoms with E-state index in [1.807, 2.05) is 0 Å². The summed E-state index contributed by atoms with van der Waals surface area (Å²) in [5, 5.41) is 2.70. The second-order valence-electron chi connectivity index (χ2n) is 3.48. The van der Waals surface area contributed by atoms with Crippen LogP contribution in [0.2, 0.25) is 0 Å². The number of fused-ring (bicyclic) bond motifs is 1. The molecule has 0 saturated carbocycles. The first kappa shape index (κ1) is 10.4. The average molecular weight is 217 g/mol. The second kappa shape index (κ2) is 4.18. The number of carbonyl (C=O) groups is 2. The van der Waals surface area contributed by atoms with Gasteiger partial charge in [-0.05, 0) is 23.8 Å². The third-order valence-electron chi connectivity index (χ3n) is 2.30. The van der Waals surface area contributed by atoms with E-state index in [1.165, 1.54) is 6.08 Å². The molecule has 2 rings (SSSR count). The van der Waals surface area contributed by atoms with Gasteiger partial charge >= 0.3 is 5.97 Å². The van der Waals surface area contributed by atoms with Gasteiger partial charge < -0.3 is 10.1 Å². The van der Waals surface area contributed by atoms with Crippen molar-refractivity contribution in [2.75, 3.05) is 11.9 Å². The Kier molecular flexibility index (Phi) is 2.72. The van der Waals surface area contributed by atoms with Gasteiger partial charge in [0, 0.05) is 5.69 Å². The summed E-state index contributed by atoms with van der Waals surface area (Å²) >= 11 is 0. The first-order chi connectivity index (χ1) is 7.70. The summed E-state index contributed by atoms with van der Waals surface area (Å²) in [6.07, 6.45) is 1.83. The van der Waals surface area contributed by atoms with Gasteiger partial charge in [-0.25, -0.2) is 4.79 Å². The number of benzene rings is 1. The van der Waals surface area contributed by atoms with Crippen LogP contribution in [0.5, 0.6) is 0 Å². The van der Waals surface area contributed by atoms with Crippen molar-refractivity contribution in [3.63, 3.8) is 0 Å². The number of rotatable bonds is 3. The molecule has 1 N–H and O–H groups in total. The maximum atomic E-state index is 11.5. The van der Waals surface area contributed by atoms with Crippen LogP contribution in [0.4, 0.5) is 5.69 Å². The molecule has 4 nitrogen and oxygen atoms in total. The second-order valence-corrected chi connectivity index (χ2v) is 3.48. The molecular weight excluding hydrogens is 206 g/mol. The zero-order valence-corrected chi connectivity index (χ0v) is 8.66. The Hall–Kier alpha value is -2.10. The lowest BCUT2D eigenvalue weighted by atomic mass is 10.1. The van der Waals surface area contributed by atoms with E-state index in [0.717, 1.165) is 11.3 Å². The Bertz CT molecular complexity index is 465. The number of carbonyl (C=O) groups excluding carboxylic acids is 2. The van der Waals surface area contributed by atoms with Crippen LogP contribution in [0.15, 0.2) is 30.9 Å². The Balaban J connectivity index is 2.19. The minimum atomic E-state index is -0.401. The van der Waals surface area contributed by atoms with Crippen molar-refractivity contribution in [1.29, 1.82) is 0 Å². The monoisotopic (exact) mass is 217 g/mol. The molecular formula is C12H11NO3.